The van der Waals surface area contributed by atoms with Crippen LogP contribution in [0.15, 0.2) is 51.8 Å². The minimum Gasteiger partial charge on any atom is -0.466 e. The van der Waals surface area contributed by atoms with Crippen LogP contribution < -0.4 is 4.72 Å². The summed E-state index contributed by atoms with van der Waals surface area (Å²) in [5.74, 6) is -0.418. The van der Waals surface area contributed by atoms with Gasteiger partial charge in [-0.3, -0.25) is 0 Å². The van der Waals surface area contributed by atoms with Crippen LogP contribution in [-0.4, -0.2) is 27.5 Å². The molecule has 0 amide bonds. The Labute approximate surface area is 177 Å². The average molecular weight is 485 g/mol. The van der Waals surface area contributed by atoms with E-state index in [2.05, 4.69) is 25.4 Å². The topological polar surface area (TPSA) is 72.5 Å². The summed E-state index contributed by atoms with van der Waals surface area (Å²) in [5.41, 5.74) is 3.09. The highest BCUT2D eigenvalue weighted by molar-refractivity contribution is 9.10. The fourth-order valence-corrected chi connectivity index (χ4v) is 5.19. The van der Waals surface area contributed by atoms with Gasteiger partial charge in [-0.15, -0.1) is 0 Å². The van der Waals surface area contributed by atoms with E-state index in [0.717, 1.165) is 21.2 Å². The second-order valence-electron chi connectivity index (χ2n) is 6.50. The fourth-order valence-electron chi connectivity index (χ4n) is 3.27. The Morgan fingerprint density at radius 3 is 2.68 bits per heavy atom. The van der Waals surface area contributed by atoms with E-state index in [1.165, 1.54) is 25.3 Å². The van der Waals surface area contributed by atoms with Crippen LogP contribution in [0.5, 0.6) is 0 Å². The van der Waals surface area contributed by atoms with E-state index in [9.17, 15) is 13.2 Å². The van der Waals surface area contributed by atoms with Crippen LogP contribution >= 0.6 is 27.5 Å². The van der Waals surface area contributed by atoms with Crippen LogP contribution in [0.4, 0.5) is 0 Å². The molecule has 0 spiro atoms. The van der Waals surface area contributed by atoms with E-state index in [1.54, 1.807) is 18.2 Å². The zero-order chi connectivity index (χ0) is 20.3. The van der Waals surface area contributed by atoms with Gasteiger partial charge in [-0.05, 0) is 78.4 Å². The van der Waals surface area contributed by atoms with Gasteiger partial charge >= 0.3 is 5.97 Å². The van der Waals surface area contributed by atoms with Gasteiger partial charge in [-0.25, -0.2) is 17.9 Å². The summed E-state index contributed by atoms with van der Waals surface area (Å²) < 4.78 is 33.6. The van der Waals surface area contributed by atoms with Crippen molar-refractivity contribution < 1.29 is 17.9 Å². The van der Waals surface area contributed by atoms with Gasteiger partial charge in [0.1, 0.15) is 0 Å². The Morgan fingerprint density at radius 1 is 1.29 bits per heavy atom. The Hall–Kier alpha value is -1.67. The number of fused-ring (bicyclic) bond motifs is 1. The summed E-state index contributed by atoms with van der Waals surface area (Å²) in [6.07, 6.45) is 5.06. The molecule has 0 heterocycles. The maximum Gasteiger partial charge on any atom is 0.330 e. The third-order valence-corrected chi connectivity index (χ3v) is 6.84. The van der Waals surface area contributed by atoms with E-state index in [0.29, 0.717) is 24.3 Å². The SMILES string of the molecule is COC(=O)C=Cc1cc(Br)cc2c1CCC(NS(=O)(=O)c1ccc(Cl)cc1)C2. The number of benzene rings is 2. The molecule has 5 nitrogen and oxygen atoms in total. The zero-order valence-electron chi connectivity index (χ0n) is 15.1. The van der Waals surface area contributed by atoms with Crippen molar-refractivity contribution in [2.24, 2.45) is 0 Å². The van der Waals surface area contributed by atoms with Gasteiger partial charge in [-0.2, -0.15) is 0 Å². The molecule has 28 heavy (non-hydrogen) atoms. The van der Waals surface area contributed by atoms with Gasteiger partial charge in [0.25, 0.3) is 0 Å². The molecule has 0 aromatic heterocycles. The molecule has 1 N–H and O–H groups in total. The maximum atomic E-state index is 12.6. The van der Waals surface area contributed by atoms with Crippen LogP contribution in [-0.2, 0) is 32.4 Å². The number of rotatable bonds is 5. The molecule has 2 aromatic carbocycles. The first kappa shape index (κ1) is 21.0. The van der Waals surface area contributed by atoms with Crippen molar-refractivity contribution in [2.75, 3.05) is 7.11 Å². The monoisotopic (exact) mass is 483 g/mol. The van der Waals surface area contributed by atoms with Crippen molar-refractivity contribution in [3.63, 3.8) is 0 Å². The highest BCUT2D eigenvalue weighted by atomic mass is 79.9. The molecule has 0 saturated carbocycles. The second kappa shape index (κ2) is 8.78. The van der Waals surface area contributed by atoms with E-state index in [-0.39, 0.29) is 10.9 Å². The summed E-state index contributed by atoms with van der Waals surface area (Å²) in [4.78, 5) is 11.6. The number of carbonyl (C=O) groups excluding carboxylic acids is 1. The molecular weight excluding hydrogens is 466 g/mol. The van der Waals surface area contributed by atoms with Crippen LogP contribution in [0.1, 0.15) is 23.1 Å². The van der Waals surface area contributed by atoms with E-state index in [4.69, 9.17) is 11.6 Å². The Balaban J connectivity index is 1.81. The predicted octanol–water partition coefficient (Wildman–Crippen LogP) is 4.12. The van der Waals surface area contributed by atoms with Gasteiger partial charge < -0.3 is 4.74 Å². The van der Waals surface area contributed by atoms with Crippen molar-refractivity contribution in [1.82, 2.24) is 4.72 Å². The summed E-state index contributed by atoms with van der Waals surface area (Å²) in [6.45, 7) is 0. The summed E-state index contributed by atoms with van der Waals surface area (Å²) in [6, 6.07) is 9.83. The van der Waals surface area contributed by atoms with Crippen molar-refractivity contribution in [1.29, 1.82) is 0 Å². The van der Waals surface area contributed by atoms with Crippen LogP contribution in [0.2, 0.25) is 5.02 Å². The largest absolute Gasteiger partial charge is 0.466 e. The number of nitrogens with one attached hydrogen (secondary N) is 1. The van der Waals surface area contributed by atoms with E-state index >= 15 is 0 Å². The molecule has 0 saturated heterocycles. The Bertz CT molecular complexity index is 1020. The number of hydrogen-bond donors (Lipinski definition) is 1. The Morgan fingerprint density at radius 2 is 2.00 bits per heavy atom. The van der Waals surface area contributed by atoms with Crippen molar-refractivity contribution in [3.8, 4) is 0 Å². The summed E-state index contributed by atoms with van der Waals surface area (Å²) >= 11 is 9.33. The number of methoxy groups -OCH3 is 1. The number of hydrogen-bond acceptors (Lipinski definition) is 4. The summed E-state index contributed by atoms with van der Waals surface area (Å²) in [5, 5.41) is 0.489. The summed E-state index contributed by atoms with van der Waals surface area (Å²) in [7, 11) is -2.29. The molecule has 3 rings (SSSR count). The molecule has 148 valence electrons. The fraction of sp³-hybridized carbons (Fsp3) is 0.250. The number of sulfonamides is 1. The van der Waals surface area contributed by atoms with E-state index in [1.807, 2.05) is 12.1 Å². The number of ether oxygens (including phenoxy) is 1. The molecule has 8 heteroatoms. The van der Waals surface area contributed by atoms with Crippen LogP contribution in [0.25, 0.3) is 6.08 Å². The van der Waals surface area contributed by atoms with Crippen molar-refractivity contribution in [3.05, 3.63) is 68.7 Å². The molecule has 1 atom stereocenters. The first-order valence-electron chi connectivity index (χ1n) is 8.64. The second-order valence-corrected chi connectivity index (χ2v) is 9.57. The minimum atomic E-state index is -3.62. The van der Waals surface area contributed by atoms with Crippen LogP contribution in [0, 0.1) is 0 Å². The van der Waals surface area contributed by atoms with Gasteiger partial charge in [0, 0.05) is 21.6 Å². The lowest BCUT2D eigenvalue weighted by molar-refractivity contribution is -0.134. The zero-order valence-corrected chi connectivity index (χ0v) is 18.3. The quantitative estimate of drug-likeness (QED) is 0.512. The predicted molar refractivity (Wildman–Crippen MR) is 113 cm³/mol. The van der Waals surface area contributed by atoms with Crippen molar-refractivity contribution >= 4 is 49.6 Å². The van der Waals surface area contributed by atoms with E-state index < -0.39 is 16.0 Å². The number of esters is 1. The van der Waals surface area contributed by atoms with Gasteiger partial charge in [0.05, 0.1) is 12.0 Å². The molecule has 0 fully saturated rings. The molecule has 2 aromatic rings. The highest BCUT2D eigenvalue weighted by Gasteiger charge is 2.25. The molecule has 0 bridgehead atoms. The molecular formula is C20H19BrClNO4S. The molecule has 0 aliphatic heterocycles. The van der Waals surface area contributed by atoms with Gasteiger partial charge in [0.2, 0.25) is 10.0 Å². The number of carbonyl (C=O) groups is 1. The van der Waals surface area contributed by atoms with Gasteiger partial charge in [-0.1, -0.05) is 27.5 Å². The highest BCUT2D eigenvalue weighted by Crippen LogP contribution is 2.30. The number of halogens is 2. The average Bonchev–Trinajstić information content (AvgIpc) is 2.65. The maximum absolute atomic E-state index is 12.6. The first-order chi connectivity index (χ1) is 13.3. The third kappa shape index (κ3) is 5.03. The molecule has 1 unspecified atom stereocenters. The van der Waals surface area contributed by atoms with Crippen molar-refractivity contribution in [2.45, 2.75) is 30.2 Å². The van der Waals surface area contributed by atoms with Crippen LogP contribution in [0.3, 0.4) is 0 Å². The third-order valence-electron chi connectivity index (χ3n) is 4.60. The lowest BCUT2D eigenvalue weighted by Crippen LogP contribution is -2.39. The lowest BCUT2D eigenvalue weighted by atomic mass is 9.85. The standard InChI is InChI=1S/C20H19BrClNO4S/c1-27-20(24)9-2-13-10-15(21)11-14-12-17(5-8-19(13)14)23-28(25,26)18-6-3-16(22)4-7-18/h2-4,6-7,9-11,17,23H,5,8,12H2,1H3. The molecule has 1 aliphatic rings. The minimum absolute atomic E-state index is 0.193. The molecule has 1 aliphatic carbocycles. The molecule has 0 radical (unpaired) electrons. The smallest absolute Gasteiger partial charge is 0.330 e. The Kier molecular flexibility index (Phi) is 6.60. The normalized spacial score (nSPS) is 16.8. The lowest BCUT2D eigenvalue weighted by Gasteiger charge is -2.27. The van der Waals surface area contributed by atoms with Gasteiger partial charge in [0.15, 0.2) is 0 Å². The first-order valence-corrected chi connectivity index (χ1v) is 11.3.